The summed E-state index contributed by atoms with van der Waals surface area (Å²) >= 11 is 0. The topological polar surface area (TPSA) is 0 Å². The Bertz CT molecular complexity index is 1820. The summed E-state index contributed by atoms with van der Waals surface area (Å²) in [7, 11) is -1.16. The van der Waals surface area contributed by atoms with Gasteiger partial charge in [0.2, 0.25) is 6.71 Å². The third-order valence-electron chi connectivity index (χ3n) is 8.45. The van der Waals surface area contributed by atoms with Crippen molar-refractivity contribution in [1.82, 2.24) is 0 Å². The van der Waals surface area contributed by atoms with E-state index in [1.807, 2.05) is 0 Å². The maximum atomic E-state index is 2.40. The van der Waals surface area contributed by atoms with Crippen LogP contribution < -0.4 is 42.8 Å². The zero-order valence-corrected chi connectivity index (χ0v) is 33.7. The van der Waals surface area contributed by atoms with Crippen molar-refractivity contribution in [2.24, 2.45) is 0 Å². The van der Waals surface area contributed by atoms with Crippen LogP contribution in [0.2, 0.25) is 0 Å². The zero-order valence-electron chi connectivity index (χ0n) is 29.5. The molecule has 7 rings (SSSR count). The maximum Gasteiger partial charge on any atom is 0.215 e. The predicted octanol–water partition coefficient (Wildman–Crippen LogP) is 7.95. The van der Waals surface area contributed by atoms with Gasteiger partial charge in [-0.25, -0.2) is 0 Å². The first-order valence-corrected chi connectivity index (χ1v) is 22.6. The molecule has 0 aliphatic heterocycles. The Kier molecular flexibility index (Phi) is 15.2. The molecule has 51 heavy (non-hydrogen) atoms. The molecule has 0 unspecified atom stereocenters. The summed E-state index contributed by atoms with van der Waals surface area (Å²) in [5.74, 6) is 0. The van der Waals surface area contributed by atoms with E-state index in [9.17, 15) is 0 Å². The first-order chi connectivity index (χ1) is 24.6. The van der Waals surface area contributed by atoms with E-state index >= 15 is 0 Å². The van der Waals surface area contributed by atoms with Gasteiger partial charge in [-0.05, 0) is 74.0 Å². The maximum absolute atomic E-state index is 2.40. The van der Waals surface area contributed by atoms with E-state index in [4.69, 9.17) is 0 Å². The van der Waals surface area contributed by atoms with Gasteiger partial charge in [0.05, 0.1) is 0 Å². The fraction of sp³-hybridized carbons (Fsp3) is 0.0870. The van der Waals surface area contributed by atoms with Gasteiger partial charge in [-0.2, -0.15) is 0 Å². The van der Waals surface area contributed by atoms with Gasteiger partial charge in [0.15, 0.2) is 0 Å². The summed E-state index contributed by atoms with van der Waals surface area (Å²) in [6, 6.07) is 73.9. The summed E-state index contributed by atoms with van der Waals surface area (Å²) in [5, 5.41) is 8.35. The molecule has 0 nitrogen and oxygen atoms in total. The van der Waals surface area contributed by atoms with Crippen LogP contribution in [0.3, 0.4) is 0 Å². The van der Waals surface area contributed by atoms with Crippen LogP contribution in [0.4, 0.5) is 0 Å². The largest absolute Gasteiger partial charge is 0.215 e. The molecule has 0 bridgehead atoms. The minimum Gasteiger partial charge on any atom is -0.116 e. The van der Waals surface area contributed by atoms with E-state index in [0.29, 0.717) is 7.92 Å². The number of hydrogen-bond donors (Lipinski definition) is 0. The average Bonchev–Trinajstić information content (AvgIpc) is 3.17. The Morgan fingerprint density at radius 1 is 0.353 bits per heavy atom. The average molecular weight is 807 g/mol. The van der Waals surface area contributed by atoms with E-state index in [1.54, 1.807) is 0 Å². The smallest absolute Gasteiger partial charge is 0.116 e. The van der Waals surface area contributed by atoms with Crippen molar-refractivity contribution in [2.75, 3.05) is 20.0 Å². The van der Waals surface area contributed by atoms with Gasteiger partial charge in [0.25, 0.3) is 0 Å². The van der Waals surface area contributed by atoms with Crippen molar-refractivity contribution < 1.29 is 20.4 Å². The zero-order chi connectivity index (χ0) is 34.5. The molecule has 0 amide bonds. The van der Waals surface area contributed by atoms with Crippen molar-refractivity contribution in [3.8, 4) is 0 Å². The molecule has 0 saturated heterocycles. The molecule has 0 spiro atoms. The Balaban J connectivity index is 0.000000959. The van der Waals surface area contributed by atoms with E-state index in [1.165, 1.54) is 48.3 Å². The van der Waals surface area contributed by atoms with Crippen LogP contribution in [-0.2, 0) is 26.7 Å². The van der Waals surface area contributed by atoms with Gasteiger partial charge in [-0.3, -0.25) is 0 Å². The molecule has 0 N–H and O–H groups in total. The van der Waals surface area contributed by atoms with E-state index < -0.39 is 15.8 Å². The van der Waals surface area contributed by atoms with Crippen LogP contribution in [0.5, 0.6) is 0 Å². The van der Waals surface area contributed by atoms with Gasteiger partial charge in [0.1, 0.15) is 0 Å². The van der Waals surface area contributed by atoms with Gasteiger partial charge < -0.3 is 0 Å². The van der Waals surface area contributed by atoms with Gasteiger partial charge in [0, 0.05) is 20.4 Å². The predicted molar refractivity (Wildman–Crippen MR) is 230 cm³/mol. The van der Waals surface area contributed by atoms with Crippen LogP contribution in [0.1, 0.15) is 5.56 Å². The van der Waals surface area contributed by atoms with Gasteiger partial charge >= 0.3 is 0 Å². The molecular weight excluding hydrogens is 763 g/mol. The van der Waals surface area contributed by atoms with Crippen LogP contribution in [0, 0.1) is 0 Å². The molecule has 0 aromatic heterocycles. The van der Waals surface area contributed by atoms with Gasteiger partial charge in [-0.15, -0.1) is 7.92 Å². The summed E-state index contributed by atoms with van der Waals surface area (Å²) in [6.45, 7) is 6.87. The summed E-state index contributed by atoms with van der Waals surface area (Å²) in [6.07, 6.45) is 0.925. The molecular formula is C46H44BP3Pd. The van der Waals surface area contributed by atoms with E-state index in [2.05, 4.69) is 220 Å². The second-order valence-electron chi connectivity index (χ2n) is 12.7. The summed E-state index contributed by atoms with van der Waals surface area (Å²) < 4.78 is 0. The van der Waals surface area contributed by atoms with Gasteiger partial charge in [-0.1, -0.05) is 217 Å². The second kappa shape index (κ2) is 20.0. The molecule has 0 heterocycles. The number of rotatable bonds is 10. The minimum atomic E-state index is -0.772. The molecule has 5 heteroatoms. The van der Waals surface area contributed by atoms with Crippen LogP contribution >= 0.6 is 23.8 Å². The molecule has 0 fully saturated rings. The number of benzene rings is 7. The fourth-order valence-electron chi connectivity index (χ4n) is 6.37. The van der Waals surface area contributed by atoms with E-state index in [0.717, 1.165) is 6.32 Å². The normalized spacial score (nSPS) is 10.7. The Labute approximate surface area is 323 Å². The fourth-order valence-corrected chi connectivity index (χ4v) is 11.4. The summed E-state index contributed by atoms with van der Waals surface area (Å²) in [5.41, 5.74) is 4.17. The quantitative estimate of drug-likeness (QED) is 0.0974. The minimum absolute atomic E-state index is 0. The molecule has 0 radical (unpaired) electrons. The Hall–Kier alpha value is -3.44. The van der Waals surface area contributed by atoms with Crippen LogP contribution in [0.25, 0.3) is 0 Å². The Morgan fingerprint density at radius 3 is 0.922 bits per heavy atom. The molecule has 0 saturated carbocycles. The van der Waals surface area contributed by atoms with Crippen molar-refractivity contribution >= 4 is 73.2 Å². The van der Waals surface area contributed by atoms with Crippen molar-refractivity contribution in [3.05, 3.63) is 206 Å². The third kappa shape index (κ3) is 10.3. The summed E-state index contributed by atoms with van der Waals surface area (Å²) in [4.78, 5) is 0. The molecule has 7 aromatic carbocycles. The molecule has 0 atom stereocenters. The second-order valence-corrected chi connectivity index (χ2v) is 19.8. The Morgan fingerprint density at radius 2 is 0.608 bits per heavy atom. The molecule has 7 aromatic rings. The number of hydrogen-bond acceptors (Lipinski definition) is 0. The van der Waals surface area contributed by atoms with Crippen LogP contribution in [-0.4, -0.2) is 26.7 Å². The standard InChI is InChI=1S/C43H35BP2.C3H9P.Pd/c1-6-20-35(21-7-1)34-44(40-30-16-18-32-42(40)45(36-22-8-2-9-23-36)37-24-10-3-11-25-37)41-31-17-19-33-43(41)46(38-26-12-4-13-27-38)39-28-14-5-15-29-39;1-4(2)3;/h1-33H,34H2;1-3H3;. The van der Waals surface area contributed by atoms with Crippen molar-refractivity contribution in [1.29, 1.82) is 0 Å². The SMILES string of the molecule is CP(C)C.[Pd].c1ccc(CB(c2ccccc2P(c2ccccc2)c2ccccc2)c2ccccc2P(c2ccccc2)c2ccccc2)cc1. The molecule has 0 aliphatic rings. The first-order valence-electron chi connectivity index (χ1n) is 17.2. The van der Waals surface area contributed by atoms with Crippen molar-refractivity contribution in [3.63, 3.8) is 0 Å². The monoisotopic (exact) mass is 806 g/mol. The molecule has 256 valence electrons. The molecule has 0 aliphatic carbocycles. The van der Waals surface area contributed by atoms with E-state index in [-0.39, 0.29) is 27.1 Å². The first kappa shape index (κ1) is 38.8. The van der Waals surface area contributed by atoms with Crippen molar-refractivity contribution in [2.45, 2.75) is 6.32 Å². The third-order valence-corrected chi connectivity index (χ3v) is 13.5. The van der Waals surface area contributed by atoms with Crippen LogP contribution in [0.15, 0.2) is 200 Å².